The molecule has 1 aliphatic rings. The van der Waals surface area contributed by atoms with Crippen molar-refractivity contribution >= 4 is 77.7 Å². The molecular formula is C29H22CaCl2N2O5. The topological polar surface area (TPSA) is 94.7 Å². The Bertz CT molecular complexity index is 1650. The van der Waals surface area contributed by atoms with E-state index >= 15 is 0 Å². The van der Waals surface area contributed by atoms with Gasteiger partial charge in [-0.15, -0.1) is 0 Å². The monoisotopic (exact) mass is 588 g/mol. The van der Waals surface area contributed by atoms with Crippen LogP contribution in [0.5, 0.6) is 17.4 Å². The van der Waals surface area contributed by atoms with Crippen LogP contribution >= 0.6 is 23.2 Å². The molecule has 0 amide bonds. The first-order chi connectivity index (χ1) is 18.5. The van der Waals surface area contributed by atoms with Crippen LogP contribution < -0.4 is 9.47 Å². The van der Waals surface area contributed by atoms with E-state index in [-0.39, 0.29) is 49.9 Å². The Hall–Kier alpha value is -2.81. The summed E-state index contributed by atoms with van der Waals surface area (Å²) in [6, 6.07) is 19.7. The van der Waals surface area contributed by atoms with Gasteiger partial charge in [-0.3, -0.25) is 0 Å². The summed E-state index contributed by atoms with van der Waals surface area (Å²) < 4.78 is 17.7. The van der Waals surface area contributed by atoms with Gasteiger partial charge in [-0.25, -0.2) is 9.78 Å². The van der Waals surface area contributed by atoms with Gasteiger partial charge >= 0.3 is 43.7 Å². The quantitative estimate of drug-likeness (QED) is 0.191. The van der Waals surface area contributed by atoms with Crippen LogP contribution in [0.3, 0.4) is 0 Å². The second kappa shape index (κ2) is 11.7. The van der Waals surface area contributed by atoms with Crippen molar-refractivity contribution in [2.75, 3.05) is 0 Å². The summed E-state index contributed by atoms with van der Waals surface area (Å²) in [6.45, 7) is 0.261. The number of aromatic carboxylic acids is 1. The van der Waals surface area contributed by atoms with Gasteiger partial charge in [0.05, 0.1) is 21.2 Å². The molecule has 5 aromatic rings. The van der Waals surface area contributed by atoms with E-state index in [1.54, 1.807) is 18.2 Å². The zero-order chi connectivity index (χ0) is 26.2. The minimum atomic E-state index is -1.04. The maximum atomic E-state index is 11.0. The third-order valence-corrected chi connectivity index (χ3v) is 6.97. The molecule has 1 aliphatic carbocycles. The Morgan fingerprint density at radius 1 is 0.974 bits per heavy atom. The number of benzene rings is 3. The first-order valence-corrected chi connectivity index (χ1v) is 12.7. The standard InChI is InChI=1S/C29H20Cl2N2O5.Ca.2H/c30-23-2-1-3-24(31)26(23)27-22(28(38-33-27)16-4-5-16)15-36-20-9-6-18-13-21(10-7-17(18)12-20)37-25-11-8-19(14-32-25)29(34)35;;;/h1-3,6-14,16H,4-5,15H2,(H,34,35);;;. The van der Waals surface area contributed by atoms with Gasteiger partial charge in [0.1, 0.15) is 29.6 Å². The molecule has 0 spiro atoms. The van der Waals surface area contributed by atoms with E-state index in [9.17, 15) is 4.79 Å². The van der Waals surface area contributed by atoms with Crippen LogP contribution in [-0.4, -0.2) is 59.0 Å². The van der Waals surface area contributed by atoms with Gasteiger partial charge in [0.2, 0.25) is 5.88 Å². The predicted molar refractivity (Wildman–Crippen MR) is 152 cm³/mol. The molecule has 0 unspecified atom stereocenters. The second-order valence-electron chi connectivity index (χ2n) is 9.00. The summed E-state index contributed by atoms with van der Waals surface area (Å²) in [6.07, 6.45) is 3.37. The number of aromatic nitrogens is 2. The van der Waals surface area contributed by atoms with E-state index in [4.69, 9.17) is 42.3 Å². The number of hydrogen-bond donors (Lipinski definition) is 1. The van der Waals surface area contributed by atoms with Crippen molar-refractivity contribution in [3.63, 3.8) is 0 Å². The third-order valence-electron chi connectivity index (χ3n) is 6.34. The summed E-state index contributed by atoms with van der Waals surface area (Å²) >= 11 is 12.9. The molecule has 0 saturated heterocycles. The fourth-order valence-electron chi connectivity index (χ4n) is 4.25. The summed E-state index contributed by atoms with van der Waals surface area (Å²) in [4.78, 5) is 15.1. The third kappa shape index (κ3) is 6.03. The number of halogens is 2. The molecular weight excluding hydrogens is 567 g/mol. The SMILES string of the molecule is O=C(O)c1ccc(Oc2ccc3cc(OCc4c(-c5c(Cl)cccc5Cl)noc4C4CC4)ccc3c2)nc1.[CaH2]. The van der Waals surface area contributed by atoms with E-state index in [0.717, 1.165) is 34.9 Å². The van der Waals surface area contributed by atoms with Crippen molar-refractivity contribution in [1.82, 2.24) is 10.1 Å². The Morgan fingerprint density at radius 2 is 1.67 bits per heavy atom. The average molecular weight is 589 g/mol. The molecule has 0 aliphatic heterocycles. The van der Waals surface area contributed by atoms with Crippen LogP contribution in [0.25, 0.3) is 22.0 Å². The molecule has 10 heteroatoms. The number of hydrogen-bond acceptors (Lipinski definition) is 6. The van der Waals surface area contributed by atoms with Crippen LogP contribution in [0.15, 0.2) is 77.4 Å². The van der Waals surface area contributed by atoms with Crippen molar-refractivity contribution in [2.24, 2.45) is 0 Å². The van der Waals surface area contributed by atoms with Crippen molar-refractivity contribution in [3.8, 4) is 28.6 Å². The number of fused-ring (bicyclic) bond motifs is 1. The first kappa shape index (κ1) is 27.7. The van der Waals surface area contributed by atoms with Crippen LogP contribution in [-0.2, 0) is 6.61 Å². The van der Waals surface area contributed by atoms with Crippen LogP contribution in [0.4, 0.5) is 0 Å². The predicted octanol–water partition coefficient (Wildman–Crippen LogP) is 7.23. The van der Waals surface area contributed by atoms with E-state index in [1.807, 2.05) is 36.4 Å². The van der Waals surface area contributed by atoms with Crippen molar-refractivity contribution in [2.45, 2.75) is 25.4 Å². The molecule has 1 saturated carbocycles. The Labute approximate surface area is 263 Å². The fourth-order valence-corrected chi connectivity index (χ4v) is 4.82. The number of rotatable bonds is 8. The van der Waals surface area contributed by atoms with Gasteiger partial charge in [-0.2, -0.15) is 0 Å². The van der Waals surface area contributed by atoms with Gasteiger partial charge in [0.15, 0.2) is 0 Å². The zero-order valence-electron chi connectivity index (χ0n) is 19.9. The van der Waals surface area contributed by atoms with Gasteiger partial charge < -0.3 is 19.1 Å². The molecule has 0 bridgehead atoms. The zero-order valence-corrected chi connectivity index (χ0v) is 21.4. The van der Waals surface area contributed by atoms with E-state index in [1.165, 1.54) is 18.3 Å². The Kier molecular flexibility index (Phi) is 8.35. The number of carboxylic acid groups (broad SMARTS) is 1. The van der Waals surface area contributed by atoms with E-state index in [2.05, 4.69) is 10.1 Å². The van der Waals surface area contributed by atoms with Crippen LogP contribution in [0.2, 0.25) is 10.0 Å². The number of ether oxygens (including phenoxy) is 2. The summed E-state index contributed by atoms with van der Waals surface area (Å²) in [5.41, 5.74) is 2.20. The Balaban J connectivity index is 0.00000308. The van der Waals surface area contributed by atoms with Gasteiger partial charge in [-0.1, -0.05) is 46.6 Å². The van der Waals surface area contributed by atoms with Crippen LogP contribution in [0.1, 0.15) is 40.4 Å². The van der Waals surface area contributed by atoms with Crippen molar-refractivity contribution < 1.29 is 23.9 Å². The first-order valence-electron chi connectivity index (χ1n) is 11.9. The minimum absolute atomic E-state index is 0. The summed E-state index contributed by atoms with van der Waals surface area (Å²) in [5.74, 6) is 1.70. The molecule has 7 nitrogen and oxygen atoms in total. The fraction of sp³-hybridized carbons (Fsp3) is 0.138. The molecule has 6 rings (SSSR count). The maximum absolute atomic E-state index is 11.0. The van der Waals surface area contributed by atoms with E-state index < -0.39 is 5.97 Å². The average Bonchev–Trinajstić information content (AvgIpc) is 3.68. The number of pyridine rings is 1. The number of carboxylic acids is 1. The molecule has 39 heavy (non-hydrogen) atoms. The molecule has 194 valence electrons. The molecule has 1 N–H and O–H groups in total. The Morgan fingerprint density at radius 3 is 2.31 bits per heavy atom. The van der Waals surface area contributed by atoms with Crippen molar-refractivity contribution in [3.05, 3.63) is 99.9 Å². The molecule has 2 aromatic heterocycles. The van der Waals surface area contributed by atoms with Gasteiger partial charge in [0, 0.05) is 23.7 Å². The molecule has 1 fully saturated rings. The molecule has 2 heterocycles. The van der Waals surface area contributed by atoms with E-state index in [0.29, 0.717) is 44.6 Å². The van der Waals surface area contributed by atoms with Gasteiger partial charge in [0.25, 0.3) is 0 Å². The molecule has 3 aromatic carbocycles. The normalized spacial score (nSPS) is 12.7. The second-order valence-corrected chi connectivity index (χ2v) is 9.81. The number of nitrogens with zero attached hydrogens (tertiary/aromatic N) is 2. The number of carbonyl (C=O) groups is 1. The van der Waals surface area contributed by atoms with Gasteiger partial charge in [-0.05, 0) is 66.1 Å². The molecule has 0 atom stereocenters. The summed E-state index contributed by atoms with van der Waals surface area (Å²) in [5, 5.41) is 16.3. The van der Waals surface area contributed by atoms with Crippen LogP contribution in [0, 0.1) is 0 Å². The summed E-state index contributed by atoms with van der Waals surface area (Å²) in [7, 11) is 0. The molecule has 0 radical (unpaired) electrons. The van der Waals surface area contributed by atoms with Crippen molar-refractivity contribution in [1.29, 1.82) is 0 Å².